The van der Waals surface area contributed by atoms with E-state index in [4.69, 9.17) is 84.6 Å². The Balaban J connectivity index is 0.000000158. The molecule has 0 aromatic carbocycles. The van der Waals surface area contributed by atoms with E-state index in [0.29, 0.717) is 6.61 Å². The molecule has 7 aliphatic rings. The Morgan fingerprint density at radius 2 is 0.870 bits per heavy atom. The zero-order valence-electron chi connectivity index (χ0n) is 31.9. The van der Waals surface area contributed by atoms with Crippen molar-refractivity contribution in [3.63, 3.8) is 0 Å². The van der Waals surface area contributed by atoms with Crippen molar-refractivity contribution in [1.82, 2.24) is 0 Å². The van der Waals surface area contributed by atoms with Crippen molar-refractivity contribution in [2.24, 2.45) is 0 Å². The SMILES string of the molecule is C#CCOCC1OC(O)C(O)[C@@H](O)[C@H]1O.C#CCOCC1O[C@@H]2OC(C)(C)OC2[C@H]2OC(C)(C)O[C@@H]12.CC1(C)OC2[C@H](OC(CO)[C@@H]3OC(C)(C)O[C@H]23)O1. The summed E-state index contributed by atoms with van der Waals surface area (Å²) in [6, 6.07) is 0. The summed E-state index contributed by atoms with van der Waals surface area (Å²) >= 11 is 0. The quantitative estimate of drug-likeness (QED) is 0.152. The van der Waals surface area contributed by atoms with Crippen molar-refractivity contribution in [2.45, 2.75) is 171 Å². The number of rotatable bonds is 7. The van der Waals surface area contributed by atoms with Crippen LogP contribution in [0.4, 0.5) is 0 Å². The molecule has 18 heteroatoms. The largest absolute Gasteiger partial charge is 0.394 e. The van der Waals surface area contributed by atoms with Crippen LogP contribution < -0.4 is 0 Å². The van der Waals surface area contributed by atoms with Crippen LogP contribution in [0, 0.1) is 24.7 Å². The van der Waals surface area contributed by atoms with E-state index in [9.17, 15) is 15.3 Å². The smallest absolute Gasteiger partial charge is 0.190 e. The molecule has 0 aromatic heterocycles. The lowest BCUT2D eigenvalue weighted by Crippen LogP contribution is -2.58. The first-order valence-corrected chi connectivity index (χ1v) is 17.9. The predicted molar refractivity (Wildman–Crippen MR) is 180 cm³/mol. The fourth-order valence-corrected chi connectivity index (χ4v) is 7.20. The van der Waals surface area contributed by atoms with Crippen LogP contribution in [0.1, 0.15) is 55.4 Å². The number of fused-ring (bicyclic) bond motifs is 6. The van der Waals surface area contributed by atoms with Gasteiger partial charge in [-0.2, -0.15) is 0 Å². The van der Waals surface area contributed by atoms with Crippen LogP contribution in [-0.2, 0) is 61.6 Å². The lowest BCUT2D eigenvalue weighted by molar-refractivity contribution is -0.288. The van der Waals surface area contributed by atoms with Crippen molar-refractivity contribution in [2.75, 3.05) is 33.0 Å². The molecule has 308 valence electrons. The van der Waals surface area contributed by atoms with E-state index >= 15 is 0 Å². The number of terminal acetylenes is 2. The van der Waals surface area contributed by atoms with Crippen LogP contribution in [0.3, 0.4) is 0 Å². The van der Waals surface area contributed by atoms with Crippen molar-refractivity contribution < 1.29 is 87.1 Å². The van der Waals surface area contributed by atoms with Gasteiger partial charge in [0.25, 0.3) is 0 Å². The van der Waals surface area contributed by atoms with Crippen LogP contribution >= 0.6 is 0 Å². The van der Waals surface area contributed by atoms with Crippen LogP contribution in [0.25, 0.3) is 0 Å². The highest BCUT2D eigenvalue weighted by molar-refractivity contribution is 5.01. The Hall–Kier alpha value is -1.60. The molecule has 0 bridgehead atoms. The predicted octanol–water partition coefficient (Wildman–Crippen LogP) is -1.16. The normalized spacial score (nSPS) is 44.5. The fourth-order valence-electron chi connectivity index (χ4n) is 7.20. The maximum absolute atomic E-state index is 9.45. The molecule has 0 saturated carbocycles. The molecule has 15 atom stereocenters. The van der Waals surface area contributed by atoms with Crippen LogP contribution in [0.2, 0.25) is 0 Å². The van der Waals surface area contributed by atoms with Gasteiger partial charge in [0.05, 0.1) is 19.8 Å². The first-order chi connectivity index (χ1) is 25.2. The van der Waals surface area contributed by atoms with Gasteiger partial charge in [0, 0.05) is 0 Å². The van der Waals surface area contributed by atoms with E-state index in [1.54, 1.807) is 0 Å². The van der Waals surface area contributed by atoms with E-state index in [0.717, 1.165) is 0 Å². The van der Waals surface area contributed by atoms with Gasteiger partial charge in [-0.05, 0) is 55.4 Å². The maximum atomic E-state index is 9.45. The molecule has 0 radical (unpaired) electrons. The molecule has 5 N–H and O–H groups in total. The van der Waals surface area contributed by atoms with E-state index < -0.39 is 72.5 Å². The summed E-state index contributed by atoms with van der Waals surface area (Å²) in [4.78, 5) is 0. The molecule has 54 heavy (non-hydrogen) atoms. The van der Waals surface area contributed by atoms with Crippen LogP contribution in [0.5, 0.6) is 0 Å². The van der Waals surface area contributed by atoms with Crippen molar-refractivity contribution in [3.05, 3.63) is 0 Å². The summed E-state index contributed by atoms with van der Waals surface area (Å²) in [5.74, 6) is 1.86. The van der Waals surface area contributed by atoms with Gasteiger partial charge in [-0.15, -0.1) is 12.8 Å². The number of hydrogen-bond donors (Lipinski definition) is 5. The molecule has 0 aromatic rings. The van der Waals surface area contributed by atoms with Gasteiger partial charge in [-0.1, -0.05) is 11.8 Å². The topological polar surface area (TPSA) is 221 Å². The maximum Gasteiger partial charge on any atom is 0.190 e. The van der Waals surface area contributed by atoms with Gasteiger partial charge in [0.15, 0.2) is 42.0 Å². The molecule has 0 amide bonds. The third-order valence-electron chi connectivity index (χ3n) is 9.30. The second-order valence-corrected chi connectivity index (χ2v) is 15.6. The Morgan fingerprint density at radius 3 is 1.33 bits per heavy atom. The summed E-state index contributed by atoms with van der Waals surface area (Å²) in [5.41, 5.74) is 0. The number of aliphatic hydroxyl groups excluding tert-OH is 5. The van der Waals surface area contributed by atoms with Gasteiger partial charge in [0.2, 0.25) is 0 Å². The summed E-state index contributed by atoms with van der Waals surface area (Å²) in [6.45, 7) is 15.2. The van der Waals surface area contributed by atoms with Crippen molar-refractivity contribution >= 4 is 0 Å². The second-order valence-electron chi connectivity index (χ2n) is 15.6. The van der Waals surface area contributed by atoms with Crippen molar-refractivity contribution in [1.29, 1.82) is 0 Å². The Kier molecular flexibility index (Phi) is 13.8. The zero-order valence-corrected chi connectivity index (χ0v) is 31.9. The molecular weight excluding hydrogens is 720 g/mol. The van der Waals surface area contributed by atoms with Gasteiger partial charge >= 0.3 is 0 Å². The molecular formula is C36H56O18. The third-order valence-corrected chi connectivity index (χ3v) is 9.30. The minimum absolute atomic E-state index is 0.0430. The van der Waals surface area contributed by atoms with E-state index in [1.807, 2.05) is 55.4 Å². The third kappa shape index (κ3) is 10.1. The molecule has 0 spiro atoms. The Labute approximate surface area is 315 Å². The van der Waals surface area contributed by atoms with Crippen LogP contribution in [0.15, 0.2) is 0 Å². The van der Waals surface area contributed by atoms with Gasteiger partial charge < -0.3 is 87.1 Å². The Bertz CT molecular complexity index is 1330. The summed E-state index contributed by atoms with van der Waals surface area (Å²) < 4.78 is 73.6. The highest BCUT2D eigenvalue weighted by atomic mass is 16.9. The molecule has 7 rings (SSSR count). The average Bonchev–Trinajstić information content (AvgIpc) is 3.79. The molecule has 7 unspecified atom stereocenters. The zero-order chi connectivity index (χ0) is 39.8. The molecule has 7 aliphatic heterocycles. The molecule has 7 fully saturated rings. The Morgan fingerprint density at radius 1 is 0.481 bits per heavy atom. The van der Waals surface area contributed by atoms with Gasteiger partial charge in [-0.25, -0.2) is 0 Å². The lowest BCUT2D eigenvalue weighted by Gasteiger charge is -2.38. The fraction of sp³-hybridized carbons (Fsp3) is 0.889. The number of aliphatic hydroxyl groups is 5. The second kappa shape index (κ2) is 17.1. The highest BCUT2D eigenvalue weighted by Crippen LogP contribution is 2.45. The van der Waals surface area contributed by atoms with E-state index in [-0.39, 0.29) is 69.2 Å². The molecule has 18 nitrogen and oxygen atoms in total. The summed E-state index contributed by atoms with van der Waals surface area (Å²) in [7, 11) is 0. The first kappa shape index (κ1) is 43.5. The number of ether oxygens (including phenoxy) is 13. The average molecular weight is 777 g/mol. The van der Waals surface area contributed by atoms with Crippen molar-refractivity contribution in [3.8, 4) is 24.7 Å². The minimum atomic E-state index is -1.54. The van der Waals surface area contributed by atoms with Crippen LogP contribution in [-0.4, -0.2) is 174 Å². The summed E-state index contributed by atoms with van der Waals surface area (Å²) in [6.07, 6.45) is -0.137. The standard InChI is InChI=1S/C15H22O6.C12H20O6.C9H14O6/c1-6-7-16-8-9-10-11(19-14(2,3)18-10)12-13(17-9)21-15(4,5)20-12;1-11(2)15-7-6(5-13)14-10-9(8(7)16-11)17-12(3,4)18-10;1-2-3-14-4-5-6(10)7(11)8(12)9(13)15-5/h1,9-13H,7-8H2,2-5H3;6-10,13H,5H2,1-4H3;1,5-13H,3-4H2/t9?,10-,11-,12?,13+;6?,7-,8-,9?,10+;5?,6-,7-,8?,9?/m000/s1. The van der Waals surface area contributed by atoms with Gasteiger partial charge in [-0.3, -0.25) is 0 Å². The highest BCUT2D eigenvalue weighted by Gasteiger charge is 2.62. The van der Waals surface area contributed by atoms with Gasteiger partial charge in [0.1, 0.15) is 86.5 Å². The molecule has 0 aliphatic carbocycles. The lowest BCUT2D eigenvalue weighted by atomic mass is 9.99. The number of hydrogen-bond acceptors (Lipinski definition) is 18. The first-order valence-electron chi connectivity index (χ1n) is 17.9. The van der Waals surface area contributed by atoms with E-state index in [2.05, 4.69) is 11.8 Å². The summed E-state index contributed by atoms with van der Waals surface area (Å²) in [5, 5.41) is 46.5. The minimum Gasteiger partial charge on any atom is -0.394 e. The monoisotopic (exact) mass is 776 g/mol. The van der Waals surface area contributed by atoms with E-state index in [1.165, 1.54) is 0 Å². The molecule has 7 saturated heterocycles. The molecule has 7 heterocycles.